The number of aliphatic imine (C=N–C) groups is 1. The molecule has 30 heavy (non-hydrogen) atoms. The summed E-state index contributed by atoms with van der Waals surface area (Å²) in [5.41, 5.74) is 1.56. The number of nitrogens with zero attached hydrogens (tertiary/aromatic N) is 3. The van der Waals surface area contributed by atoms with Crippen LogP contribution in [0.2, 0.25) is 0 Å². The van der Waals surface area contributed by atoms with Gasteiger partial charge < -0.3 is 20.3 Å². The molecule has 0 amide bonds. The summed E-state index contributed by atoms with van der Waals surface area (Å²) in [6.45, 7) is 6.70. The molecular weight excluding hydrogens is 489 g/mol. The number of methoxy groups -OCH3 is 1. The molecule has 0 aromatic heterocycles. The fourth-order valence-electron chi connectivity index (χ4n) is 4.59. The molecule has 0 saturated carbocycles. The molecule has 2 saturated heterocycles. The average molecular weight is 530 g/mol. The lowest BCUT2D eigenvalue weighted by Crippen LogP contribution is -2.62. The number of piperidine rings is 2. The van der Waals surface area contributed by atoms with Crippen LogP contribution in [0.3, 0.4) is 0 Å². The molecule has 2 heterocycles. The highest BCUT2D eigenvalue weighted by molar-refractivity contribution is 14.0. The summed E-state index contributed by atoms with van der Waals surface area (Å²) in [6, 6.07) is 8.29. The number of hydrogen-bond donors (Lipinski definition) is 2. The van der Waals surface area contributed by atoms with Gasteiger partial charge in [0.2, 0.25) is 0 Å². The minimum atomic E-state index is 0. The second-order valence-corrected chi connectivity index (χ2v) is 8.53. The molecule has 2 fully saturated rings. The van der Waals surface area contributed by atoms with Crippen LogP contribution in [0.4, 0.5) is 0 Å². The molecule has 6 nitrogen and oxygen atoms in total. The zero-order valence-electron chi connectivity index (χ0n) is 19.0. The lowest BCUT2D eigenvalue weighted by Gasteiger charge is -2.50. The van der Waals surface area contributed by atoms with Gasteiger partial charge in [0.15, 0.2) is 5.96 Å². The Bertz CT molecular complexity index is 637. The van der Waals surface area contributed by atoms with E-state index in [0.29, 0.717) is 0 Å². The SMILES string of the molecule is CN=C(NCCc1ccc(OC)cc1)NCC1(N2CCCCC2)CCN(C)CC1.I. The highest BCUT2D eigenvalue weighted by atomic mass is 127. The minimum Gasteiger partial charge on any atom is -0.497 e. The lowest BCUT2D eigenvalue weighted by molar-refractivity contribution is 0.0173. The van der Waals surface area contributed by atoms with E-state index in [-0.39, 0.29) is 29.5 Å². The number of hydrogen-bond acceptors (Lipinski definition) is 4. The molecular formula is C23H40IN5O. The Labute approximate surface area is 199 Å². The van der Waals surface area contributed by atoms with E-state index in [2.05, 4.69) is 44.6 Å². The van der Waals surface area contributed by atoms with E-state index in [1.165, 1.54) is 63.8 Å². The Balaban J connectivity index is 0.00000320. The summed E-state index contributed by atoms with van der Waals surface area (Å²) in [5.74, 6) is 1.81. The molecule has 1 aromatic rings. The van der Waals surface area contributed by atoms with Crippen LogP contribution in [-0.4, -0.2) is 81.8 Å². The first-order valence-corrected chi connectivity index (χ1v) is 11.2. The van der Waals surface area contributed by atoms with Crippen molar-refractivity contribution in [1.82, 2.24) is 20.4 Å². The number of likely N-dealkylation sites (tertiary alicyclic amines) is 2. The predicted octanol–water partition coefficient (Wildman–Crippen LogP) is 2.97. The third-order valence-corrected chi connectivity index (χ3v) is 6.62. The van der Waals surface area contributed by atoms with E-state index >= 15 is 0 Å². The van der Waals surface area contributed by atoms with Crippen molar-refractivity contribution in [1.29, 1.82) is 0 Å². The number of guanidine groups is 1. The molecule has 0 bridgehead atoms. The first-order chi connectivity index (χ1) is 14.1. The summed E-state index contributed by atoms with van der Waals surface area (Å²) in [6.07, 6.45) is 7.50. The highest BCUT2D eigenvalue weighted by Crippen LogP contribution is 2.30. The number of benzene rings is 1. The van der Waals surface area contributed by atoms with Crippen molar-refractivity contribution in [2.24, 2.45) is 4.99 Å². The molecule has 170 valence electrons. The molecule has 1 aromatic carbocycles. The molecule has 0 aliphatic carbocycles. The summed E-state index contributed by atoms with van der Waals surface area (Å²) in [5, 5.41) is 7.15. The maximum atomic E-state index is 5.23. The van der Waals surface area contributed by atoms with Crippen LogP contribution in [-0.2, 0) is 6.42 Å². The van der Waals surface area contributed by atoms with Crippen LogP contribution < -0.4 is 15.4 Å². The minimum absolute atomic E-state index is 0. The van der Waals surface area contributed by atoms with Gasteiger partial charge in [0, 0.05) is 25.7 Å². The van der Waals surface area contributed by atoms with Gasteiger partial charge >= 0.3 is 0 Å². The summed E-state index contributed by atoms with van der Waals surface area (Å²) in [7, 11) is 5.81. The van der Waals surface area contributed by atoms with Gasteiger partial charge in [-0.3, -0.25) is 9.89 Å². The van der Waals surface area contributed by atoms with Gasteiger partial charge in [-0.25, -0.2) is 0 Å². The Morgan fingerprint density at radius 1 is 1.03 bits per heavy atom. The van der Waals surface area contributed by atoms with Gasteiger partial charge in [0.05, 0.1) is 7.11 Å². The van der Waals surface area contributed by atoms with Crippen molar-refractivity contribution in [3.05, 3.63) is 29.8 Å². The van der Waals surface area contributed by atoms with Crippen LogP contribution in [0.1, 0.15) is 37.7 Å². The van der Waals surface area contributed by atoms with Crippen LogP contribution in [0.15, 0.2) is 29.3 Å². The van der Waals surface area contributed by atoms with Gasteiger partial charge in [-0.2, -0.15) is 0 Å². The molecule has 3 rings (SSSR count). The quantitative estimate of drug-likeness (QED) is 0.323. The summed E-state index contributed by atoms with van der Waals surface area (Å²) in [4.78, 5) is 9.70. The smallest absolute Gasteiger partial charge is 0.191 e. The topological polar surface area (TPSA) is 52.1 Å². The normalized spacial score (nSPS) is 20.3. The molecule has 0 unspecified atom stereocenters. The Hall–Kier alpha value is -1.06. The largest absolute Gasteiger partial charge is 0.497 e. The Morgan fingerprint density at radius 3 is 2.30 bits per heavy atom. The number of ether oxygens (including phenoxy) is 1. The van der Waals surface area contributed by atoms with Gasteiger partial charge in [0.25, 0.3) is 0 Å². The second-order valence-electron chi connectivity index (χ2n) is 8.53. The van der Waals surface area contributed by atoms with Crippen molar-refractivity contribution in [3.8, 4) is 5.75 Å². The van der Waals surface area contributed by atoms with Gasteiger partial charge in [0.1, 0.15) is 5.75 Å². The van der Waals surface area contributed by atoms with E-state index in [0.717, 1.165) is 31.2 Å². The fraction of sp³-hybridized carbons (Fsp3) is 0.696. The van der Waals surface area contributed by atoms with E-state index in [1.54, 1.807) is 7.11 Å². The van der Waals surface area contributed by atoms with Crippen molar-refractivity contribution in [2.75, 3.05) is 60.5 Å². The first kappa shape index (κ1) is 25.2. The van der Waals surface area contributed by atoms with Crippen molar-refractivity contribution >= 4 is 29.9 Å². The predicted molar refractivity (Wildman–Crippen MR) is 136 cm³/mol. The van der Waals surface area contributed by atoms with E-state index < -0.39 is 0 Å². The molecule has 0 radical (unpaired) electrons. The monoisotopic (exact) mass is 529 g/mol. The number of halogens is 1. The zero-order valence-corrected chi connectivity index (χ0v) is 21.3. The van der Waals surface area contributed by atoms with Gasteiger partial charge in [-0.15, -0.1) is 24.0 Å². The molecule has 0 spiro atoms. The summed E-state index contributed by atoms with van der Waals surface area (Å²) >= 11 is 0. The molecule has 2 aliphatic heterocycles. The van der Waals surface area contributed by atoms with Crippen molar-refractivity contribution < 1.29 is 4.74 Å². The molecule has 7 heteroatoms. The lowest BCUT2D eigenvalue weighted by atomic mass is 9.84. The molecule has 2 aliphatic rings. The van der Waals surface area contributed by atoms with Crippen LogP contribution >= 0.6 is 24.0 Å². The van der Waals surface area contributed by atoms with Gasteiger partial charge in [-0.05, 0) is 83.0 Å². The number of rotatable bonds is 7. The molecule has 2 N–H and O–H groups in total. The molecule has 0 atom stereocenters. The fourth-order valence-corrected chi connectivity index (χ4v) is 4.59. The average Bonchev–Trinajstić information content (AvgIpc) is 2.78. The first-order valence-electron chi connectivity index (χ1n) is 11.2. The van der Waals surface area contributed by atoms with Crippen molar-refractivity contribution in [2.45, 2.75) is 44.1 Å². The maximum absolute atomic E-state index is 5.23. The van der Waals surface area contributed by atoms with Crippen LogP contribution in [0.5, 0.6) is 5.75 Å². The summed E-state index contributed by atoms with van der Waals surface area (Å²) < 4.78 is 5.23. The van der Waals surface area contributed by atoms with E-state index in [4.69, 9.17) is 4.74 Å². The van der Waals surface area contributed by atoms with Crippen LogP contribution in [0.25, 0.3) is 0 Å². The second kappa shape index (κ2) is 12.7. The number of nitrogens with one attached hydrogen (secondary N) is 2. The van der Waals surface area contributed by atoms with Crippen LogP contribution in [0, 0.1) is 0 Å². The van der Waals surface area contributed by atoms with E-state index in [1.807, 2.05) is 19.2 Å². The Morgan fingerprint density at radius 2 is 1.70 bits per heavy atom. The Kier molecular flexibility index (Phi) is 10.7. The third kappa shape index (κ3) is 6.99. The van der Waals surface area contributed by atoms with Crippen molar-refractivity contribution in [3.63, 3.8) is 0 Å². The van der Waals surface area contributed by atoms with E-state index in [9.17, 15) is 0 Å². The standard InChI is InChI=1S/C23H39N5O.HI/c1-24-22(25-14-11-20-7-9-21(29-3)10-8-20)26-19-23(12-17-27(2)18-13-23)28-15-5-4-6-16-28;/h7-10H,4-6,11-19H2,1-3H3,(H2,24,25,26);1H. The maximum Gasteiger partial charge on any atom is 0.191 e. The van der Waals surface area contributed by atoms with Gasteiger partial charge in [-0.1, -0.05) is 18.6 Å². The highest BCUT2D eigenvalue weighted by Gasteiger charge is 2.39. The third-order valence-electron chi connectivity index (χ3n) is 6.62. The zero-order chi connectivity index (χ0) is 20.5.